The van der Waals surface area contributed by atoms with E-state index in [1.165, 1.54) is 72.0 Å². The summed E-state index contributed by atoms with van der Waals surface area (Å²) in [6, 6.07) is 41.6. The molecule has 0 spiro atoms. The van der Waals surface area contributed by atoms with Crippen LogP contribution in [0.5, 0.6) is 0 Å². The predicted octanol–water partition coefficient (Wildman–Crippen LogP) is 1.74. The van der Waals surface area contributed by atoms with Gasteiger partial charge in [-0.15, -0.1) is 5.46 Å². The first-order valence-electron chi connectivity index (χ1n) is 18.3. The van der Waals surface area contributed by atoms with Crippen LogP contribution in [0.1, 0.15) is 28.2 Å². The fraction of sp³-hybridized carbons (Fsp3) is 0.0455. The summed E-state index contributed by atoms with van der Waals surface area (Å²) in [5.41, 5.74) is 21.0. The van der Waals surface area contributed by atoms with Crippen LogP contribution in [0.25, 0.3) is 44.9 Å². The van der Waals surface area contributed by atoms with Crippen molar-refractivity contribution in [1.29, 1.82) is 0 Å². The second-order valence-electron chi connectivity index (χ2n) is 14.3. The molecule has 2 unspecified atom stereocenters. The predicted molar refractivity (Wildman–Crippen MR) is 233 cm³/mol. The van der Waals surface area contributed by atoms with E-state index in [2.05, 4.69) is 177 Å². The topological polar surface area (TPSA) is 30.7 Å². The van der Waals surface area contributed by atoms with Crippen molar-refractivity contribution in [3.63, 3.8) is 0 Å². The number of aromatic nitrogens is 3. The van der Waals surface area contributed by atoms with Gasteiger partial charge in [-0.1, -0.05) is 131 Å². The lowest BCUT2D eigenvalue weighted by Gasteiger charge is -2.37. The lowest BCUT2D eigenvalue weighted by Crippen LogP contribution is -2.56. The van der Waals surface area contributed by atoms with E-state index in [0.717, 1.165) is 28.1 Å². The third-order valence-electron chi connectivity index (χ3n) is 11.7. The molecule has 2 heterocycles. The quantitative estimate of drug-likeness (QED) is 0.264. The average molecular weight is 661 g/mol. The van der Waals surface area contributed by atoms with Crippen molar-refractivity contribution in [1.82, 2.24) is 14.5 Å². The standard InChI is InChI=1S/C44H36B5N3/c45-38-39(46)41(48)43(42(49)40(38)47)52-35-22-8-7-21-34(35)51-44(52)26-13-11-12-25(24-26)36-29-16-3-5-18-31(29)37(32-19-6-4-17-30(32)36)28-15-2-1-14-27(28)33-20-9-10-23-50-33/h1-24,31,37H,45-49H2. The molecule has 242 valence electrons. The molecular weight excluding hydrogens is 625 g/mol. The number of imidazole rings is 1. The summed E-state index contributed by atoms with van der Waals surface area (Å²) >= 11 is 0. The number of rotatable bonds is 5. The van der Waals surface area contributed by atoms with E-state index < -0.39 is 0 Å². The van der Waals surface area contributed by atoms with Crippen molar-refractivity contribution in [2.45, 2.75) is 5.92 Å². The van der Waals surface area contributed by atoms with Gasteiger partial charge in [0.2, 0.25) is 0 Å². The molecule has 0 radical (unpaired) electrons. The fourth-order valence-corrected chi connectivity index (χ4v) is 8.73. The van der Waals surface area contributed by atoms with Gasteiger partial charge in [0.25, 0.3) is 0 Å². The molecule has 2 aliphatic rings. The van der Waals surface area contributed by atoms with Crippen LogP contribution in [0, 0.1) is 5.92 Å². The molecule has 0 aliphatic heterocycles. The molecule has 3 nitrogen and oxygen atoms in total. The molecule has 0 bridgehead atoms. The third-order valence-corrected chi connectivity index (χ3v) is 11.7. The normalized spacial score (nSPS) is 16.2. The molecule has 2 atom stereocenters. The van der Waals surface area contributed by atoms with Crippen LogP contribution >= 0.6 is 0 Å². The van der Waals surface area contributed by atoms with Gasteiger partial charge in [0.1, 0.15) is 45.1 Å². The molecule has 2 aromatic heterocycles. The summed E-state index contributed by atoms with van der Waals surface area (Å²) in [7, 11) is 11.3. The van der Waals surface area contributed by atoms with E-state index in [9.17, 15) is 0 Å². The first-order chi connectivity index (χ1) is 25.4. The van der Waals surface area contributed by atoms with Crippen LogP contribution in [0.15, 0.2) is 151 Å². The van der Waals surface area contributed by atoms with E-state index in [1.54, 1.807) is 0 Å². The zero-order valence-corrected chi connectivity index (χ0v) is 30.4. The third kappa shape index (κ3) is 5.04. The molecule has 0 saturated carbocycles. The maximum atomic E-state index is 5.34. The average Bonchev–Trinajstić information content (AvgIpc) is 3.58. The summed E-state index contributed by atoms with van der Waals surface area (Å²) in [6.07, 6.45) is 11.0. The van der Waals surface area contributed by atoms with Gasteiger partial charge in [-0.2, -0.15) is 0 Å². The Balaban J connectivity index is 1.26. The van der Waals surface area contributed by atoms with Gasteiger partial charge in [-0.05, 0) is 63.7 Å². The van der Waals surface area contributed by atoms with Gasteiger partial charge >= 0.3 is 0 Å². The number of fused-ring (bicyclic) bond motifs is 3. The lowest BCUT2D eigenvalue weighted by molar-refractivity contribution is 0.650. The van der Waals surface area contributed by atoms with Gasteiger partial charge in [-0.3, -0.25) is 9.55 Å². The van der Waals surface area contributed by atoms with Crippen molar-refractivity contribution in [3.05, 3.63) is 174 Å². The molecule has 0 fully saturated rings. The number of pyridine rings is 1. The molecule has 7 aromatic rings. The molecule has 0 saturated heterocycles. The summed E-state index contributed by atoms with van der Waals surface area (Å²) < 4.78 is 2.40. The molecule has 5 aromatic carbocycles. The van der Waals surface area contributed by atoms with Crippen molar-refractivity contribution >= 4 is 83.2 Å². The SMILES string of the molecule is Bc1c(B)c(B)c(-n2c(-c3cccc(C4=C5C=CC=CC5C(c5ccccc5-c5ccccn5)c5ccccc54)c3)nc3ccccc32)c(B)c1B. The van der Waals surface area contributed by atoms with Crippen molar-refractivity contribution < 1.29 is 0 Å². The minimum atomic E-state index is 0.140. The van der Waals surface area contributed by atoms with E-state index in [-0.39, 0.29) is 11.8 Å². The van der Waals surface area contributed by atoms with Gasteiger partial charge in [0.05, 0.1) is 16.7 Å². The summed E-state index contributed by atoms with van der Waals surface area (Å²) in [5, 5.41) is 0. The van der Waals surface area contributed by atoms with Crippen LogP contribution in [0.2, 0.25) is 0 Å². The molecule has 0 N–H and O–H groups in total. The zero-order valence-electron chi connectivity index (χ0n) is 30.4. The Labute approximate surface area is 310 Å². The number of nitrogens with zero attached hydrogens (tertiary/aromatic N) is 3. The second kappa shape index (κ2) is 12.8. The van der Waals surface area contributed by atoms with Crippen molar-refractivity contribution in [2.75, 3.05) is 0 Å². The first kappa shape index (κ1) is 32.2. The lowest BCUT2D eigenvalue weighted by atomic mass is 9.61. The first-order valence-corrected chi connectivity index (χ1v) is 18.3. The van der Waals surface area contributed by atoms with Crippen LogP contribution in [0.3, 0.4) is 0 Å². The Bertz CT molecular complexity index is 2630. The highest BCUT2D eigenvalue weighted by Gasteiger charge is 2.36. The van der Waals surface area contributed by atoms with Crippen LogP contribution in [-0.2, 0) is 0 Å². The second-order valence-corrected chi connectivity index (χ2v) is 14.3. The Hall–Kier alpha value is -5.74. The smallest absolute Gasteiger partial charge is 0.145 e. The van der Waals surface area contributed by atoms with Gasteiger partial charge in [-0.25, -0.2) is 4.98 Å². The monoisotopic (exact) mass is 661 g/mol. The van der Waals surface area contributed by atoms with Gasteiger partial charge in [0, 0.05) is 34.8 Å². The number of hydrogen-bond donors (Lipinski definition) is 0. The molecule has 52 heavy (non-hydrogen) atoms. The van der Waals surface area contributed by atoms with E-state index >= 15 is 0 Å². The Morgan fingerprint density at radius 1 is 0.577 bits per heavy atom. The number of para-hydroxylation sites is 2. The number of hydrogen-bond acceptors (Lipinski definition) is 2. The number of benzene rings is 5. The van der Waals surface area contributed by atoms with Crippen molar-refractivity contribution in [3.8, 4) is 28.3 Å². The molecule has 9 rings (SSSR count). The molecule has 8 heteroatoms. The molecule has 0 amide bonds. The van der Waals surface area contributed by atoms with Crippen LogP contribution < -0.4 is 27.3 Å². The fourth-order valence-electron chi connectivity index (χ4n) is 8.73. The van der Waals surface area contributed by atoms with E-state index in [4.69, 9.17) is 9.97 Å². The Kier molecular flexibility index (Phi) is 7.92. The minimum Gasteiger partial charge on any atom is -0.294 e. The summed E-state index contributed by atoms with van der Waals surface area (Å²) in [6.45, 7) is 0. The highest BCUT2D eigenvalue weighted by Crippen LogP contribution is 2.51. The zero-order chi connectivity index (χ0) is 35.5. The number of allylic oxidation sites excluding steroid dienone is 5. The maximum Gasteiger partial charge on any atom is 0.145 e. The molecular formula is C44H36B5N3. The van der Waals surface area contributed by atoms with E-state index in [0.29, 0.717) is 0 Å². The van der Waals surface area contributed by atoms with Crippen LogP contribution in [0.4, 0.5) is 0 Å². The largest absolute Gasteiger partial charge is 0.294 e. The van der Waals surface area contributed by atoms with Crippen molar-refractivity contribution in [2.24, 2.45) is 5.92 Å². The Morgan fingerprint density at radius 2 is 1.23 bits per heavy atom. The maximum absolute atomic E-state index is 5.34. The Morgan fingerprint density at radius 3 is 2.00 bits per heavy atom. The van der Waals surface area contributed by atoms with Gasteiger partial charge in [0.15, 0.2) is 0 Å². The highest BCUT2D eigenvalue weighted by atomic mass is 15.1. The highest BCUT2D eigenvalue weighted by molar-refractivity contribution is 6.68. The summed E-state index contributed by atoms with van der Waals surface area (Å²) in [4.78, 5) is 10.1. The summed E-state index contributed by atoms with van der Waals surface area (Å²) in [5.74, 6) is 1.27. The van der Waals surface area contributed by atoms with Crippen LogP contribution in [-0.4, -0.2) is 53.8 Å². The van der Waals surface area contributed by atoms with E-state index in [1.807, 2.05) is 12.3 Å². The van der Waals surface area contributed by atoms with Gasteiger partial charge < -0.3 is 0 Å². The molecule has 2 aliphatic carbocycles. The minimum absolute atomic E-state index is 0.140.